The lowest BCUT2D eigenvalue weighted by Crippen LogP contribution is -2.35. The fourth-order valence-electron chi connectivity index (χ4n) is 2.39. The van der Waals surface area contributed by atoms with Crippen molar-refractivity contribution in [2.75, 3.05) is 17.0 Å². The first kappa shape index (κ1) is 15.2. The molecule has 0 aromatic heterocycles. The van der Waals surface area contributed by atoms with Gasteiger partial charge < -0.3 is 0 Å². The summed E-state index contributed by atoms with van der Waals surface area (Å²) in [6.45, 7) is -0.186. The summed E-state index contributed by atoms with van der Waals surface area (Å²) in [5, 5.41) is 0. The second-order valence-electron chi connectivity index (χ2n) is 5.09. The molecule has 0 atom stereocenters. The van der Waals surface area contributed by atoms with Crippen molar-refractivity contribution in [1.82, 2.24) is 4.90 Å². The Kier molecular flexibility index (Phi) is 3.87. The first-order chi connectivity index (χ1) is 11.0. The van der Waals surface area contributed by atoms with E-state index >= 15 is 0 Å². The molecule has 1 aliphatic rings. The van der Waals surface area contributed by atoms with Gasteiger partial charge in [-0.3, -0.25) is 19.2 Å². The summed E-state index contributed by atoms with van der Waals surface area (Å²) in [5.74, 6) is -1.27. The van der Waals surface area contributed by atoms with E-state index in [0.717, 1.165) is 4.90 Å². The molecule has 118 valence electrons. The van der Waals surface area contributed by atoms with Crippen molar-refractivity contribution >= 4 is 27.5 Å². The standard InChI is InChI=1S/C16H14N2O4S/c19-15-13-8-4-5-9-14(13)16(20)18(15)10-11-23(21,22)17-12-6-2-1-3-7-12/h1-9,17H,10-11H2. The molecule has 0 bridgehead atoms. The van der Waals surface area contributed by atoms with Crippen LogP contribution in [0.15, 0.2) is 54.6 Å². The van der Waals surface area contributed by atoms with Crippen LogP contribution in [0.4, 0.5) is 5.69 Å². The van der Waals surface area contributed by atoms with Crippen molar-refractivity contribution in [3.8, 4) is 0 Å². The molecule has 0 unspecified atom stereocenters. The van der Waals surface area contributed by atoms with Gasteiger partial charge in [0.05, 0.1) is 16.9 Å². The number of hydrogen-bond acceptors (Lipinski definition) is 4. The van der Waals surface area contributed by atoms with Gasteiger partial charge in [-0.25, -0.2) is 8.42 Å². The number of amides is 2. The molecule has 2 amide bonds. The van der Waals surface area contributed by atoms with Gasteiger partial charge in [0, 0.05) is 12.2 Å². The summed E-state index contributed by atoms with van der Waals surface area (Å²) < 4.78 is 26.6. The Morgan fingerprint density at radius 3 is 1.91 bits per heavy atom. The lowest BCUT2D eigenvalue weighted by Gasteiger charge is -2.14. The second-order valence-corrected chi connectivity index (χ2v) is 6.94. The fraction of sp³-hybridized carbons (Fsp3) is 0.125. The number of fused-ring (bicyclic) bond motifs is 1. The van der Waals surface area contributed by atoms with Gasteiger partial charge in [-0.05, 0) is 24.3 Å². The molecule has 1 N–H and O–H groups in total. The van der Waals surface area contributed by atoms with E-state index in [1.54, 1.807) is 54.6 Å². The van der Waals surface area contributed by atoms with Gasteiger partial charge in [-0.15, -0.1) is 0 Å². The maximum Gasteiger partial charge on any atom is 0.261 e. The van der Waals surface area contributed by atoms with Gasteiger partial charge in [0.2, 0.25) is 10.0 Å². The van der Waals surface area contributed by atoms with Gasteiger partial charge in [0.15, 0.2) is 0 Å². The highest BCUT2D eigenvalue weighted by atomic mass is 32.2. The van der Waals surface area contributed by atoms with Crippen LogP contribution in [0.3, 0.4) is 0 Å². The Morgan fingerprint density at radius 1 is 0.826 bits per heavy atom. The Morgan fingerprint density at radius 2 is 1.35 bits per heavy atom. The Labute approximate surface area is 133 Å². The zero-order chi connectivity index (χ0) is 16.4. The highest BCUT2D eigenvalue weighted by Gasteiger charge is 2.35. The molecule has 0 saturated carbocycles. The predicted octanol–water partition coefficient (Wildman–Crippen LogP) is 1.72. The van der Waals surface area contributed by atoms with E-state index in [2.05, 4.69) is 4.72 Å². The Balaban J connectivity index is 1.69. The first-order valence-corrected chi connectivity index (χ1v) is 8.64. The van der Waals surface area contributed by atoms with Crippen LogP contribution in [0, 0.1) is 0 Å². The smallest absolute Gasteiger partial charge is 0.261 e. The number of rotatable bonds is 5. The lowest BCUT2D eigenvalue weighted by molar-refractivity contribution is 0.0664. The normalized spacial score (nSPS) is 14.0. The monoisotopic (exact) mass is 330 g/mol. The third kappa shape index (κ3) is 3.09. The molecule has 0 aliphatic carbocycles. The topological polar surface area (TPSA) is 83.6 Å². The van der Waals surface area contributed by atoms with Crippen LogP contribution >= 0.6 is 0 Å². The number of carbonyl (C=O) groups is 2. The van der Waals surface area contributed by atoms with Crippen molar-refractivity contribution < 1.29 is 18.0 Å². The van der Waals surface area contributed by atoms with Crippen LogP contribution in [-0.2, 0) is 10.0 Å². The number of nitrogens with zero attached hydrogens (tertiary/aromatic N) is 1. The zero-order valence-corrected chi connectivity index (χ0v) is 12.9. The number of nitrogens with one attached hydrogen (secondary N) is 1. The minimum absolute atomic E-state index is 0.186. The Bertz CT molecular complexity index is 828. The van der Waals surface area contributed by atoms with Gasteiger partial charge >= 0.3 is 0 Å². The van der Waals surface area contributed by atoms with Crippen LogP contribution in [0.25, 0.3) is 0 Å². The van der Waals surface area contributed by atoms with E-state index < -0.39 is 21.8 Å². The average Bonchev–Trinajstić information content (AvgIpc) is 2.78. The molecule has 3 rings (SSSR count). The summed E-state index contributed by atoms with van der Waals surface area (Å²) >= 11 is 0. The molecule has 23 heavy (non-hydrogen) atoms. The van der Waals surface area contributed by atoms with Crippen LogP contribution < -0.4 is 4.72 Å². The van der Waals surface area contributed by atoms with E-state index in [-0.39, 0.29) is 12.3 Å². The van der Waals surface area contributed by atoms with E-state index in [4.69, 9.17) is 0 Å². The molecule has 0 saturated heterocycles. The van der Waals surface area contributed by atoms with Crippen LogP contribution in [0.2, 0.25) is 0 Å². The zero-order valence-electron chi connectivity index (χ0n) is 12.1. The third-order valence-electron chi connectivity index (χ3n) is 3.51. The second kappa shape index (κ2) is 5.85. The fourth-order valence-corrected chi connectivity index (χ4v) is 3.41. The van der Waals surface area contributed by atoms with Crippen molar-refractivity contribution in [2.45, 2.75) is 0 Å². The molecule has 0 radical (unpaired) electrons. The van der Waals surface area contributed by atoms with E-state index in [0.29, 0.717) is 16.8 Å². The SMILES string of the molecule is O=C1c2ccccc2C(=O)N1CCS(=O)(=O)Nc1ccccc1. The lowest BCUT2D eigenvalue weighted by atomic mass is 10.1. The summed E-state index contributed by atoms with van der Waals surface area (Å²) in [6.07, 6.45) is 0. The first-order valence-electron chi connectivity index (χ1n) is 6.99. The van der Waals surface area contributed by atoms with Crippen molar-refractivity contribution in [1.29, 1.82) is 0 Å². The molecule has 0 fully saturated rings. The number of para-hydroxylation sites is 1. The number of benzene rings is 2. The third-order valence-corrected chi connectivity index (χ3v) is 4.78. The van der Waals surface area contributed by atoms with E-state index in [1.165, 1.54) is 0 Å². The van der Waals surface area contributed by atoms with Crippen molar-refractivity contribution in [3.63, 3.8) is 0 Å². The molecule has 0 spiro atoms. The van der Waals surface area contributed by atoms with Gasteiger partial charge in [-0.2, -0.15) is 0 Å². The van der Waals surface area contributed by atoms with E-state index in [9.17, 15) is 18.0 Å². The number of carbonyl (C=O) groups excluding carboxylic acids is 2. The predicted molar refractivity (Wildman–Crippen MR) is 85.7 cm³/mol. The minimum Gasteiger partial charge on any atom is -0.284 e. The summed E-state index contributed by atoms with van der Waals surface area (Å²) in [5.41, 5.74) is 1.06. The van der Waals surface area contributed by atoms with Gasteiger partial charge in [-0.1, -0.05) is 30.3 Å². The summed E-state index contributed by atoms with van der Waals surface area (Å²) in [7, 11) is -3.65. The molecule has 1 heterocycles. The van der Waals surface area contributed by atoms with Crippen LogP contribution in [0.1, 0.15) is 20.7 Å². The van der Waals surface area contributed by atoms with Crippen molar-refractivity contribution in [2.24, 2.45) is 0 Å². The van der Waals surface area contributed by atoms with Gasteiger partial charge in [0.1, 0.15) is 0 Å². The highest BCUT2D eigenvalue weighted by Crippen LogP contribution is 2.22. The maximum atomic E-state index is 12.2. The molecule has 7 heteroatoms. The molecule has 1 aliphatic heterocycles. The molecular weight excluding hydrogens is 316 g/mol. The largest absolute Gasteiger partial charge is 0.284 e. The number of imide groups is 1. The highest BCUT2D eigenvalue weighted by molar-refractivity contribution is 7.92. The quantitative estimate of drug-likeness (QED) is 0.846. The molecule has 2 aromatic rings. The maximum absolute atomic E-state index is 12.2. The van der Waals surface area contributed by atoms with Crippen molar-refractivity contribution in [3.05, 3.63) is 65.7 Å². The van der Waals surface area contributed by atoms with Crippen LogP contribution in [0.5, 0.6) is 0 Å². The summed E-state index contributed by atoms with van der Waals surface area (Å²) in [4.78, 5) is 25.3. The minimum atomic E-state index is -3.65. The number of sulfonamides is 1. The average molecular weight is 330 g/mol. The number of hydrogen-bond donors (Lipinski definition) is 1. The molecule has 2 aromatic carbocycles. The summed E-state index contributed by atoms with van der Waals surface area (Å²) in [6, 6.07) is 14.9. The molecule has 6 nitrogen and oxygen atoms in total. The van der Waals surface area contributed by atoms with E-state index in [1.807, 2.05) is 0 Å². The Hall–Kier alpha value is -2.67. The number of anilines is 1. The van der Waals surface area contributed by atoms with Crippen LogP contribution in [-0.4, -0.2) is 37.4 Å². The van der Waals surface area contributed by atoms with Gasteiger partial charge in [0.25, 0.3) is 11.8 Å². The molecular formula is C16H14N2O4S.